The van der Waals surface area contributed by atoms with Gasteiger partial charge in [-0.1, -0.05) is 11.6 Å². The van der Waals surface area contributed by atoms with Gasteiger partial charge in [-0.15, -0.1) is 23.4 Å². The fourth-order valence-corrected chi connectivity index (χ4v) is 1.58. The molecule has 0 fully saturated rings. The Balaban J connectivity index is 2.13. The van der Waals surface area contributed by atoms with Gasteiger partial charge >= 0.3 is 6.36 Å². The largest absolute Gasteiger partial charge is 0.573 e. The number of alkyl halides is 3. The maximum absolute atomic E-state index is 12.1. The predicted octanol–water partition coefficient (Wildman–Crippen LogP) is 2.86. The third kappa shape index (κ3) is 4.22. The molecule has 116 valence electrons. The number of nitrogen functional groups attached to an aromatic ring is 1. The van der Waals surface area contributed by atoms with Crippen molar-refractivity contribution in [3.05, 3.63) is 41.0 Å². The average Bonchev–Trinajstić information content (AvgIpc) is 2.42. The van der Waals surface area contributed by atoms with E-state index in [1.54, 1.807) is 0 Å². The highest BCUT2D eigenvalue weighted by Crippen LogP contribution is 2.29. The number of nitrogens with zero attached hydrogens (tertiary/aromatic N) is 2. The summed E-state index contributed by atoms with van der Waals surface area (Å²) in [5.74, 6) is -1.08. The first kappa shape index (κ1) is 15.8. The van der Waals surface area contributed by atoms with Crippen molar-refractivity contribution in [2.75, 3.05) is 11.1 Å². The SMILES string of the molecule is Nc1cc(C(=O)Nc2ccc(Cl)nn2)ccc1OC(F)(F)F. The van der Waals surface area contributed by atoms with Crippen LogP contribution >= 0.6 is 11.6 Å². The molecule has 0 aliphatic heterocycles. The van der Waals surface area contributed by atoms with Gasteiger partial charge in [-0.2, -0.15) is 0 Å². The van der Waals surface area contributed by atoms with Crippen LogP contribution < -0.4 is 15.8 Å². The molecule has 0 bridgehead atoms. The molecule has 0 saturated heterocycles. The number of rotatable bonds is 3. The lowest BCUT2D eigenvalue weighted by Gasteiger charge is -2.12. The quantitative estimate of drug-likeness (QED) is 0.843. The lowest BCUT2D eigenvalue weighted by atomic mass is 10.2. The molecule has 2 aromatic rings. The van der Waals surface area contributed by atoms with Crippen LogP contribution in [0.2, 0.25) is 5.15 Å². The molecule has 3 N–H and O–H groups in total. The number of nitrogens with one attached hydrogen (secondary N) is 1. The van der Waals surface area contributed by atoms with Crippen molar-refractivity contribution in [2.24, 2.45) is 0 Å². The first-order chi connectivity index (χ1) is 10.2. The number of carbonyl (C=O) groups is 1. The third-order valence-corrected chi connectivity index (χ3v) is 2.57. The summed E-state index contributed by atoms with van der Waals surface area (Å²) in [7, 11) is 0. The van der Waals surface area contributed by atoms with E-state index >= 15 is 0 Å². The van der Waals surface area contributed by atoms with E-state index in [2.05, 4.69) is 20.3 Å². The minimum absolute atomic E-state index is 0.0313. The van der Waals surface area contributed by atoms with Crippen LogP contribution in [0.1, 0.15) is 10.4 Å². The van der Waals surface area contributed by atoms with E-state index in [4.69, 9.17) is 17.3 Å². The molecule has 0 atom stereocenters. The molecule has 2 rings (SSSR count). The number of carbonyl (C=O) groups excluding carboxylic acids is 1. The van der Waals surface area contributed by atoms with E-state index in [-0.39, 0.29) is 22.2 Å². The molecule has 0 aliphatic carbocycles. The van der Waals surface area contributed by atoms with E-state index < -0.39 is 18.0 Å². The van der Waals surface area contributed by atoms with Crippen LogP contribution in [0, 0.1) is 0 Å². The predicted molar refractivity (Wildman–Crippen MR) is 72.5 cm³/mol. The third-order valence-electron chi connectivity index (χ3n) is 2.37. The van der Waals surface area contributed by atoms with Gasteiger partial charge in [0.1, 0.15) is 0 Å². The second-order valence-electron chi connectivity index (χ2n) is 4.00. The van der Waals surface area contributed by atoms with Gasteiger partial charge in [-0.3, -0.25) is 4.79 Å². The lowest BCUT2D eigenvalue weighted by Crippen LogP contribution is -2.18. The molecule has 10 heteroatoms. The van der Waals surface area contributed by atoms with Crippen molar-refractivity contribution in [3.8, 4) is 5.75 Å². The molecule has 6 nitrogen and oxygen atoms in total. The standard InChI is InChI=1S/C12H8ClF3N4O2/c13-9-3-4-10(20-19-9)18-11(21)6-1-2-8(7(17)5-6)22-12(14,15)16/h1-5H,17H2,(H,18,20,21). The Hall–Kier alpha value is -2.55. The molecule has 0 radical (unpaired) electrons. The van der Waals surface area contributed by atoms with E-state index in [1.165, 1.54) is 12.1 Å². The van der Waals surface area contributed by atoms with Crippen LogP contribution in [0.5, 0.6) is 5.75 Å². The minimum atomic E-state index is -4.86. The number of hydrogen-bond acceptors (Lipinski definition) is 5. The number of hydrogen-bond donors (Lipinski definition) is 2. The minimum Gasteiger partial charge on any atom is -0.404 e. The fraction of sp³-hybridized carbons (Fsp3) is 0.0833. The number of aromatic nitrogens is 2. The van der Waals surface area contributed by atoms with Gasteiger partial charge in [0.2, 0.25) is 0 Å². The van der Waals surface area contributed by atoms with Gasteiger partial charge in [-0.05, 0) is 30.3 Å². The molecule has 0 spiro atoms. The number of halogens is 4. The Morgan fingerprint density at radius 1 is 1.23 bits per heavy atom. The number of benzene rings is 1. The summed E-state index contributed by atoms with van der Waals surface area (Å²) < 4.78 is 40.1. The molecule has 0 unspecified atom stereocenters. The van der Waals surface area contributed by atoms with Crippen LogP contribution in [0.25, 0.3) is 0 Å². The van der Waals surface area contributed by atoms with Crippen LogP contribution in [-0.2, 0) is 0 Å². The van der Waals surface area contributed by atoms with Gasteiger partial charge in [0, 0.05) is 5.56 Å². The van der Waals surface area contributed by atoms with E-state index in [9.17, 15) is 18.0 Å². The second-order valence-corrected chi connectivity index (χ2v) is 4.38. The summed E-state index contributed by atoms with van der Waals surface area (Å²) >= 11 is 5.55. The van der Waals surface area contributed by atoms with Crippen molar-refractivity contribution in [3.63, 3.8) is 0 Å². The fourth-order valence-electron chi connectivity index (χ4n) is 1.48. The molecule has 1 aromatic carbocycles. The van der Waals surface area contributed by atoms with Crippen molar-refractivity contribution in [1.82, 2.24) is 10.2 Å². The molecule has 1 aromatic heterocycles. The van der Waals surface area contributed by atoms with Gasteiger partial charge in [0.05, 0.1) is 5.69 Å². The Morgan fingerprint density at radius 2 is 1.95 bits per heavy atom. The zero-order chi connectivity index (χ0) is 16.3. The van der Waals surface area contributed by atoms with Crippen molar-refractivity contribution < 1.29 is 22.7 Å². The number of nitrogens with two attached hydrogens (primary N) is 1. The number of amides is 1. The van der Waals surface area contributed by atoms with E-state index in [1.807, 2.05) is 0 Å². The molecular weight excluding hydrogens is 325 g/mol. The summed E-state index contributed by atoms with van der Waals surface area (Å²) in [5, 5.41) is 9.68. The zero-order valence-corrected chi connectivity index (χ0v) is 11.4. The maximum atomic E-state index is 12.1. The molecule has 22 heavy (non-hydrogen) atoms. The normalized spacial score (nSPS) is 11.1. The Morgan fingerprint density at radius 3 is 2.50 bits per heavy atom. The maximum Gasteiger partial charge on any atom is 0.573 e. The smallest absolute Gasteiger partial charge is 0.404 e. The molecule has 0 aliphatic rings. The van der Waals surface area contributed by atoms with Gasteiger partial charge in [-0.25, -0.2) is 0 Å². The summed E-state index contributed by atoms with van der Waals surface area (Å²) in [6.45, 7) is 0. The summed E-state index contributed by atoms with van der Waals surface area (Å²) in [6.07, 6.45) is -4.86. The summed E-state index contributed by atoms with van der Waals surface area (Å²) in [4.78, 5) is 11.9. The van der Waals surface area contributed by atoms with Gasteiger partial charge in [0.15, 0.2) is 16.7 Å². The van der Waals surface area contributed by atoms with Gasteiger partial charge < -0.3 is 15.8 Å². The Bertz CT molecular complexity index is 692. The highest BCUT2D eigenvalue weighted by atomic mass is 35.5. The van der Waals surface area contributed by atoms with Crippen LogP contribution in [0.3, 0.4) is 0 Å². The van der Waals surface area contributed by atoms with Gasteiger partial charge in [0.25, 0.3) is 5.91 Å². The first-order valence-electron chi connectivity index (χ1n) is 5.70. The topological polar surface area (TPSA) is 90.1 Å². The molecule has 1 amide bonds. The summed E-state index contributed by atoms with van der Waals surface area (Å²) in [5.41, 5.74) is 5.13. The van der Waals surface area contributed by atoms with Crippen molar-refractivity contribution >= 4 is 29.0 Å². The van der Waals surface area contributed by atoms with Crippen LogP contribution in [0.4, 0.5) is 24.7 Å². The lowest BCUT2D eigenvalue weighted by molar-refractivity contribution is -0.274. The van der Waals surface area contributed by atoms with E-state index in [0.29, 0.717) is 0 Å². The number of ether oxygens (including phenoxy) is 1. The Kier molecular flexibility index (Phi) is 4.36. The van der Waals surface area contributed by atoms with Crippen LogP contribution in [-0.4, -0.2) is 22.5 Å². The first-order valence-corrected chi connectivity index (χ1v) is 6.08. The molecular formula is C12H8ClF3N4O2. The average molecular weight is 333 g/mol. The molecule has 1 heterocycles. The summed E-state index contributed by atoms with van der Waals surface area (Å²) in [6, 6.07) is 5.97. The van der Waals surface area contributed by atoms with E-state index in [0.717, 1.165) is 18.2 Å². The second kappa shape index (κ2) is 6.06. The van der Waals surface area contributed by atoms with Crippen molar-refractivity contribution in [2.45, 2.75) is 6.36 Å². The highest BCUT2D eigenvalue weighted by Gasteiger charge is 2.32. The zero-order valence-electron chi connectivity index (χ0n) is 10.7. The van der Waals surface area contributed by atoms with Crippen LogP contribution in [0.15, 0.2) is 30.3 Å². The number of anilines is 2. The highest BCUT2D eigenvalue weighted by molar-refractivity contribution is 6.29. The Labute approximate surface area is 127 Å². The molecule has 0 saturated carbocycles. The van der Waals surface area contributed by atoms with Crippen molar-refractivity contribution in [1.29, 1.82) is 0 Å². The monoisotopic (exact) mass is 332 g/mol.